The summed E-state index contributed by atoms with van der Waals surface area (Å²) in [6, 6.07) is 8.68. The summed E-state index contributed by atoms with van der Waals surface area (Å²) < 4.78 is 65.4. The summed E-state index contributed by atoms with van der Waals surface area (Å²) in [5.41, 5.74) is 0.376. The van der Waals surface area contributed by atoms with Crippen molar-refractivity contribution < 1.29 is 22.3 Å². The summed E-state index contributed by atoms with van der Waals surface area (Å²) >= 11 is 5.25. The summed E-state index contributed by atoms with van der Waals surface area (Å²) in [4.78, 5) is 8.74. The molecule has 11 heteroatoms. The lowest BCUT2D eigenvalue weighted by Crippen LogP contribution is -2.19. The van der Waals surface area contributed by atoms with E-state index in [0.717, 1.165) is 36.2 Å². The van der Waals surface area contributed by atoms with Crippen LogP contribution in [0.4, 0.5) is 23.2 Å². The predicted octanol–water partition coefficient (Wildman–Crippen LogP) is 7.31. The zero-order valence-electron chi connectivity index (χ0n) is 16.9. The Bertz CT molecular complexity index is 1290. The van der Waals surface area contributed by atoms with E-state index in [9.17, 15) is 13.2 Å². The van der Waals surface area contributed by atoms with Gasteiger partial charge >= 0.3 is 0 Å². The molecule has 0 amide bonds. The van der Waals surface area contributed by atoms with Crippen molar-refractivity contribution in [1.82, 2.24) is 9.97 Å². The number of hydrogen-bond acceptors (Lipinski definition) is 6. The summed E-state index contributed by atoms with van der Waals surface area (Å²) in [6.45, 7) is -0.180. The Hall–Kier alpha value is -2.47. The van der Waals surface area contributed by atoms with E-state index in [1.807, 2.05) is 0 Å². The van der Waals surface area contributed by atoms with Gasteiger partial charge in [0.2, 0.25) is 0 Å². The Morgan fingerprint density at radius 2 is 1.76 bits per heavy atom. The minimum absolute atomic E-state index is 0.0771. The second kappa shape index (κ2) is 10.2. The van der Waals surface area contributed by atoms with Crippen molar-refractivity contribution in [2.45, 2.75) is 4.90 Å². The molecule has 0 spiro atoms. The zero-order valence-corrected chi connectivity index (χ0v) is 20.1. The Balaban J connectivity index is 1.82. The van der Waals surface area contributed by atoms with Crippen molar-refractivity contribution in [1.29, 1.82) is 0 Å². The highest BCUT2D eigenvalue weighted by Gasteiger charge is 2.26. The average molecular weight is 556 g/mol. The molecule has 4 rings (SSSR count). The third-order valence-corrected chi connectivity index (χ3v) is 7.06. The average Bonchev–Trinajstić information content (AvgIpc) is 3.18. The van der Waals surface area contributed by atoms with Crippen LogP contribution in [0.5, 0.6) is 0 Å². The number of hydrogen-bond donors (Lipinski definition) is 0. The Morgan fingerprint density at radius 1 is 1.03 bits per heavy atom. The van der Waals surface area contributed by atoms with Gasteiger partial charge < -0.3 is 4.74 Å². The normalized spacial score (nSPS) is 11.1. The number of ether oxygens (including phenoxy) is 1. The highest BCUT2D eigenvalue weighted by Crippen LogP contribution is 2.43. The number of anilines is 1. The van der Waals surface area contributed by atoms with E-state index in [0.29, 0.717) is 14.4 Å². The summed E-state index contributed by atoms with van der Waals surface area (Å²) in [7, 11) is 1.37. The largest absolute Gasteiger partial charge is 0.363 e. The van der Waals surface area contributed by atoms with Gasteiger partial charge in [-0.15, -0.1) is 11.3 Å². The van der Waals surface area contributed by atoms with Gasteiger partial charge in [0.05, 0.1) is 26.7 Å². The van der Waals surface area contributed by atoms with Crippen molar-refractivity contribution >= 4 is 44.9 Å². The molecular formula is C22H14BrF4N3OS2. The molecule has 0 bridgehead atoms. The number of methoxy groups -OCH3 is 1. The van der Waals surface area contributed by atoms with E-state index < -0.39 is 23.3 Å². The van der Waals surface area contributed by atoms with Crippen molar-refractivity contribution in [3.05, 3.63) is 82.0 Å². The second-order valence-electron chi connectivity index (χ2n) is 6.60. The van der Waals surface area contributed by atoms with Gasteiger partial charge in [-0.05, 0) is 75.9 Å². The van der Waals surface area contributed by atoms with Crippen molar-refractivity contribution in [3.8, 4) is 21.7 Å². The molecule has 0 atom stereocenters. The summed E-state index contributed by atoms with van der Waals surface area (Å²) in [5, 5.41) is 0. The SMILES string of the molecule is COCN(Sc1cc(F)ccc1F)c1ccc(F)c(-c2nc(Br)sc2-c2ccncc2)c1F. The topological polar surface area (TPSA) is 38.2 Å². The molecule has 0 saturated carbocycles. The highest BCUT2D eigenvalue weighted by atomic mass is 79.9. The molecule has 2 aromatic carbocycles. The molecular weight excluding hydrogens is 542 g/mol. The van der Waals surface area contributed by atoms with Gasteiger partial charge in [0, 0.05) is 19.5 Å². The van der Waals surface area contributed by atoms with Crippen LogP contribution in [0.2, 0.25) is 0 Å². The molecule has 0 N–H and O–H groups in total. The first kappa shape index (κ1) is 23.7. The third kappa shape index (κ3) is 5.06. The molecule has 170 valence electrons. The first-order chi connectivity index (χ1) is 15.9. The zero-order chi connectivity index (χ0) is 23.5. The van der Waals surface area contributed by atoms with Crippen LogP contribution in [-0.2, 0) is 4.74 Å². The van der Waals surface area contributed by atoms with Gasteiger partial charge in [0.25, 0.3) is 0 Å². The van der Waals surface area contributed by atoms with E-state index in [2.05, 4.69) is 25.9 Å². The molecule has 33 heavy (non-hydrogen) atoms. The minimum Gasteiger partial charge on any atom is -0.363 e. The predicted molar refractivity (Wildman–Crippen MR) is 125 cm³/mol. The van der Waals surface area contributed by atoms with Crippen LogP contribution in [0, 0.1) is 23.3 Å². The smallest absolute Gasteiger partial charge is 0.160 e. The number of rotatable bonds is 7. The van der Waals surface area contributed by atoms with E-state index in [4.69, 9.17) is 4.74 Å². The number of pyridine rings is 1. The van der Waals surface area contributed by atoms with E-state index in [1.165, 1.54) is 28.8 Å². The monoisotopic (exact) mass is 555 g/mol. The van der Waals surface area contributed by atoms with E-state index in [-0.39, 0.29) is 28.6 Å². The lowest BCUT2D eigenvalue weighted by Gasteiger charge is -2.24. The molecule has 0 aliphatic rings. The van der Waals surface area contributed by atoms with E-state index in [1.54, 1.807) is 24.5 Å². The molecule has 0 aliphatic carbocycles. The van der Waals surface area contributed by atoms with Gasteiger partial charge in [-0.3, -0.25) is 9.29 Å². The first-order valence-corrected chi connectivity index (χ1v) is 11.7. The fourth-order valence-electron chi connectivity index (χ4n) is 3.04. The quantitative estimate of drug-likeness (QED) is 0.136. The molecule has 2 heterocycles. The second-order valence-corrected chi connectivity index (χ2v) is 9.94. The molecule has 2 aromatic heterocycles. The van der Waals surface area contributed by atoms with Gasteiger partial charge in [-0.25, -0.2) is 22.5 Å². The number of benzene rings is 2. The van der Waals surface area contributed by atoms with E-state index >= 15 is 4.39 Å². The fraction of sp³-hybridized carbons (Fsp3) is 0.0909. The maximum Gasteiger partial charge on any atom is 0.160 e. The molecule has 0 saturated heterocycles. The Kier molecular flexibility index (Phi) is 7.32. The van der Waals surface area contributed by atoms with Crippen LogP contribution >= 0.6 is 39.2 Å². The van der Waals surface area contributed by atoms with Gasteiger partial charge in [-0.2, -0.15) is 0 Å². The van der Waals surface area contributed by atoms with Gasteiger partial charge in [-0.1, -0.05) is 0 Å². The Labute approximate surface area is 203 Å². The van der Waals surface area contributed by atoms with Gasteiger partial charge in [0.15, 0.2) is 9.73 Å². The summed E-state index contributed by atoms with van der Waals surface area (Å²) in [6.07, 6.45) is 3.14. The molecule has 0 fully saturated rings. The fourth-order valence-corrected chi connectivity index (χ4v) is 5.46. The van der Waals surface area contributed by atoms with Gasteiger partial charge in [0.1, 0.15) is 24.2 Å². The van der Waals surface area contributed by atoms with Crippen molar-refractivity contribution in [2.24, 2.45) is 0 Å². The maximum atomic E-state index is 15.8. The summed E-state index contributed by atoms with van der Waals surface area (Å²) in [5.74, 6) is -3.06. The maximum absolute atomic E-state index is 15.8. The van der Waals surface area contributed by atoms with Crippen LogP contribution in [0.15, 0.2) is 63.7 Å². The van der Waals surface area contributed by atoms with Crippen molar-refractivity contribution in [2.75, 3.05) is 18.1 Å². The van der Waals surface area contributed by atoms with Crippen LogP contribution in [0.1, 0.15) is 0 Å². The minimum atomic E-state index is -0.913. The lowest BCUT2D eigenvalue weighted by atomic mass is 10.1. The number of halogens is 5. The van der Waals surface area contributed by atoms with Crippen LogP contribution in [-0.4, -0.2) is 23.8 Å². The van der Waals surface area contributed by atoms with Crippen LogP contribution in [0.3, 0.4) is 0 Å². The molecule has 0 aliphatic heterocycles. The standard InChI is InChI=1S/C22H14BrF4N3OS2/c1-31-11-30(33-17-10-13(24)2-3-14(17)25)16-5-4-15(26)18(19(16)27)20-21(32-22(23)29-20)12-6-8-28-9-7-12/h2-10H,11H2,1H3. The molecule has 0 radical (unpaired) electrons. The number of nitrogens with zero attached hydrogens (tertiary/aromatic N) is 3. The highest BCUT2D eigenvalue weighted by molar-refractivity contribution is 9.11. The van der Waals surface area contributed by atoms with Crippen LogP contribution in [0.25, 0.3) is 21.7 Å². The molecule has 4 nitrogen and oxygen atoms in total. The number of thiazole rings is 1. The van der Waals surface area contributed by atoms with Crippen LogP contribution < -0.4 is 4.31 Å². The lowest BCUT2D eigenvalue weighted by molar-refractivity contribution is 0.211. The molecule has 4 aromatic rings. The number of aromatic nitrogens is 2. The third-order valence-electron chi connectivity index (χ3n) is 4.47. The first-order valence-electron chi connectivity index (χ1n) is 9.33. The Morgan fingerprint density at radius 3 is 2.48 bits per heavy atom. The van der Waals surface area contributed by atoms with Crippen molar-refractivity contribution in [3.63, 3.8) is 0 Å². The molecule has 0 unspecified atom stereocenters.